The van der Waals surface area contributed by atoms with Crippen LogP contribution in [0.4, 0.5) is 8.78 Å². The molecule has 1 aromatic rings. The van der Waals surface area contributed by atoms with Gasteiger partial charge in [0.2, 0.25) is 0 Å². The maximum Gasteiger partial charge on any atom is 0.181 e. The van der Waals surface area contributed by atoms with Gasteiger partial charge in [-0.25, -0.2) is 17.2 Å². The number of halogens is 2. The summed E-state index contributed by atoms with van der Waals surface area (Å²) in [5.74, 6) is -2.18. The summed E-state index contributed by atoms with van der Waals surface area (Å²) in [5, 5.41) is 8.57. The summed E-state index contributed by atoms with van der Waals surface area (Å²) < 4.78 is 48.9. The van der Waals surface area contributed by atoms with Crippen LogP contribution in [0.1, 0.15) is 12.0 Å². The molecule has 0 bridgehead atoms. The molecule has 0 saturated heterocycles. The molecule has 16 heavy (non-hydrogen) atoms. The van der Waals surface area contributed by atoms with E-state index in [9.17, 15) is 17.2 Å². The van der Waals surface area contributed by atoms with Crippen molar-refractivity contribution in [1.29, 1.82) is 0 Å². The Morgan fingerprint density at radius 1 is 1.25 bits per heavy atom. The first-order valence-electron chi connectivity index (χ1n) is 4.65. The van der Waals surface area contributed by atoms with E-state index in [2.05, 4.69) is 0 Å². The van der Waals surface area contributed by atoms with E-state index in [4.69, 9.17) is 5.11 Å². The number of hydrogen-bond acceptors (Lipinski definition) is 3. The number of sulfone groups is 1. The smallest absolute Gasteiger partial charge is 0.181 e. The standard InChI is InChI=1S/C10H12F2O3S/c1-16(14,15)10-8(11)5-7(3-2-4-13)6-9(10)12/h5-6,13H,2-4H2,1H3. The zero-order valence-electron chi connectivity index (χ0n) is 8.70. The van der Waals surface area contributed by atoms with Crippen molar-refractivity contribution in [3.63, 3.8) is 0 Å². The predicted molar refractivity (Wildman–Crippen MR) is 54.9 cm³/mol. The van der Waals surface area contributed by atoms with Gasteiger partial charge < -0.3 is 5.11 Å². The topological polar surface area (TPSA) is 54.4 Å². The van der Waals surface area contributed by atoms with E-state index in [0.29, 0.717) is 18.4 Å². The van der Waals surface area contributed by atoms with Crippen molar-refractivity contribution in [2.75, 3.05) is 12.9 Å². The Hall–Kier alpha value is -1.01. The molecule has 6 heteroatoms. The van der Waals surface area contributed by atoms with Gasteiger partial charge in [0.1, 0.15) is 16.5 Å². The summed E-state index contributed by atoms with van der Waals surface area (Å²) in [6, 6.07) is 1.96. The predicted octanol–water partition coefficient (Wildman–Crippen LogP) is 1.29. The summed E-state index contributed by atoms with van der Waals surface area (Å²) in [6.07, 6.45) is 1.42. The molecular weight excluding hydrogens is 238 g/mol. The molecule has 0 radical (unpaired) electrons. The number of hydrogen-bond donors (Lipinski definition) is 1. The summed E-state index contributed by atoms with van der Waals surface area (Å²) in [5.41, 5.74) is 0.330. The van der Waals surface area contributed by atoms with E-state index in [1.165, 1.54) is 0 Å². The summed E-state index contributed by atoms with van der Waals surface area (Å²) in [6.45, 7) is -0.0862. The highest BCUT2D eigenvalue weighted by molar-refractivity contribution is 7.90. The number of benzene rings is 1. The number of aryl methyl sites for hydroxylation is 1. The molecule has 0 saturated carbocycles. The SMILES string of the molecule is CS(=O)(=O)c1c(F)cc(CCCO)cc1F. The van der Waals surface area contributed by atoms with Crippen molar-refractivity contribution in [2.45, 2.75) is 17.7 Å². The Bertz CT molecular complexity index is 460. The molecule has 3 nitrogen and oxygen atoms in total. The Balaban J connectivity index is 3.18. The highest BCUT2D eigenvalue weighted by atomic mass is 32.2. The summed E-state index contributed by atoms with van der Waals surface area (Å²) in [7, 11) is -3.90. The third-order valence-electron chi connectivity index (χ3n) is 2.05. The summed E-state index contributed by atoms with van der Waals surface area (Å²) >= 11 is 0. The number of aliphatic hydroxyl groups excluding tert-OH is 1. The van der Waals surface area contributed by atoms with E-state index in [1.54, 1.807) is 0 Å². The van der Waals surface area contributed by atoms with Gasteiger partial charge in [-0.3, -0.25) is 0 Å². The van der Waals surface area contributed by atoms with Crippen molar-refractivity contribution in [1.82, 2.24) is 0 Å². The van der Waals surface area contributed by atoms with Crippen LogP contribution in [-0.2, 0) is 16.3 Å². The van der Waals surface area contributed by atoms with Crippen molar-refractivity contribution in [3.8, 4) is 0 Å². The lowest BCUT2D eigenvalue weighted by molar-refractivity contribution is 0.288. The average molecular weight is 250 g/mol. The van der Waals surface area contributed by atoms with Crippen LogP contribution < -0.4 is 0 Å². The normalized spacial score (nSPS) is 11.8. The second-order valence-electron chi connectivity index (χ2n) is 3.49. The first kappa shape index (κ1) is 13.1. The second kappa shape index (κ2) is 4.88. The molecule has 1 N–H and O–H groups in total. The largest absolute Gasteiger partial charge is 0.396 e. The van der Waals surface area contributed by atoms with E-state index in [0.717, 1.165) is 18.4 Å². The van der Waals surface area contributed by atoms with Crippen molar-refractivity contribution in [2.24, 2.45) is 0 Å². The summed E-state index contributed by atoms with van der Waals surface area (Å²) in [4.78, 5) is -0.903. The first-order chi connectivity index (χ1) is 7.36. The van der Waals surface area contributed by atoms with Gasteiger partial charge in [0.25, 0.3) is 0 Å². The Morgan fingerprint density at radius 2 is 1.75 bits per heavy atom. The zero-order chi connectivity index (χ0) is 12.3. The first-order valence-corrected chi connectivity index (χ1v) is 6.54. The monoisotopic (exact) mass is 250 g/mol. The van der Waals surface area contributed by atoms with Crippen LogP contribution in [0.25, 0.3) is 0 Å². The quantitative estimate of drug-likeness (QED) is 0.876. The van der Waals surface area contributed by atoms with E-state index >= 15 is 0 Å². The van der Waals surface area contributed by atoms with Gasteiger partial charge in [0.15, 0.2) is 9.84 Å². The van der Waals surface area contributed by atoms with Gasteiger partial charge in [0.05, 0.1) is 0 Å². The molecule has 0 amide bonds. The molecule has 0 aliphatic heterocycles. The minimum atomic E-state index is -3.90. The van der Waals surface area contributed by atoms with E-state index < -0.39 is 26.4 Å². The van der Waals surface area contributed by atoms with Crippen LogP contribution in [-0.4, -0.2) is 26.4 Å². The molecule has 0 aliphatic rings. The van der Waals surface area contributed by atoms with Gasteiger partial charge in [0, 0.05) is 12.9 Å². The van der Waals surface area contributed by atoms with E-state index in [-0.39, 0.29) is 6.61 Å². The lowest BCUT2D eigenvalue weighted by Crippen LogP contribution is -2.06. The Morgan fingerprint density at radius 3 is 2.12 bits per heavy atom. The molecule has 1 aromatic carbocycles. The zero-order valence-corrected chi connectivity index (χ0v) is 9.52. The highest BCUT2D eigenvalue weighted by Crippen LogP contribution is 2.21. The van der Waals surface area contributed by atoms with Crippen LogP contribution in [0.2, 0.25) is 0 Å². The fraction of sp³-hybridized carbons (Fsp3) is 0.400. The Kier molecular flexibility index (Phi) is 3.98. The molecule has 0 heterocycles. The molecule has 0 spiro atoms. The molecule has 90 valence electrons. The van der Waals surface area contributed by atoms with Gasteiger partial charge in [-0.15, -0.1) is 0 Å². The van der Waals surface area contributed by atoms with Gasteiger partial charge >= 0.3 is 0 Å². The third-order valence-corrected chi connectivity index (χ3v) is 3.18. The average Bonchev–Trinajstić information content (AvgIpc) is 2.11. The number of rotatable bonds is 4. The molecule has 0 aliphatic carbocycles. The fourth-order valence-electron chi connectivity index (χ4n) is 1.39. The van der Waals surface area contributed by atoms with Gasteiger partial charge in [-0.1, -0.05) is 0 Å². The fourth-order valence-corrected chi connectivity index (χ4v) is 2.22. The molecule has 0 atom stereocenters. The van der Waals surface area contributed by atoms with Crippen LogP contribution in [0.15, 0.2) is 17.0 Å². The molecule has 1 rings (SSSR count). The molecule has 0 unspecified atom stereocenters. The van der Waals surface area contributed by atoms with E-state index in [1.807, 2.05) is 0 Å². The van der Waals surface area contributed by atoms with Crippen LogP contribution in [0.5, 0.6) is 0 Å². The maximum absolute atomic E-state index is 13.4. The van der Waals surface area contributed by atoms with Gasteiger partial charge in [-0.05, 0) is 30.5 Å². The molecular formula is C10H12F2O3S. The lowest BCUT2D eigenvalue weighted by atomic mass is 10.1. The number of aliphatic hydroxyl groups is 1. The lowest BCUT2D eigenvalue weighted by Gasteiger charge is -2.06. The molecule has 0 aromatic heterocycles. The van der Waals surface area contributed by atoms with Crippen LogP contribution in [0, 0.1) is 11.6 Å². The minimum Gasteiger partial charge on any atom is -0.396 e. The Labute approximate surface area is 92.6 Å². The third kappa shape index (κ3) is 2.99. The minimum absolute atomic E-state index is 0.0862. The second-order valence-corrected chi connectivity index (χ2v) is 5.44. The van der Waals surface area contributed by atoms with Crippen molar-refractivity contribution in [3.05, 3.63) is 29.3 Å². The van der Waals surface area contributed by atoms with Crippen LogP contribution in [0.3, 0.4) is 0 Å². The highest BCUT2D eigenvalue weighted by Gasteiger charge is 2.20. The van der Waals surface area contributed by atoms with Crippen molar-refractivity contribution < 1.29 is 22.3 Å². The maximum atomic E-state index is 13.4. The van der Waals surface area contributed by atoms with Crippen molar-refractivity contribution >= 4 is 9.84 Å². The van der Waals surface area contributed by atoms with Gasteiger partial charge in [-0.2, -0.15) is 0 Å². The van der Waals surface area contributed by atoms with Crippen LogP contribution >= 0.6 is 0 Å². The molecule has 0 fully saturated rings.